The molecule has 3 N–H and O–H groups in total. The second-order valence-electron chi connectivity index (χ2n) is 11.3. The number of hydrogen-bond acceptors (Lipinski definition) is 6. The molecule has 220 valence electrons. The Morgan fingerprint density at radius 2 is 1.55 bits per heavy atom. The lowest BCUT2D eigenvalue weighted by atomic mass is 9.77. The van der Waals surface area contributed by atoms with Crippen LogP contribution in [0.15, 0.2) is 72.2 Å². The molecule has 2 aliphatic rings. The van der Waals surface area contributed by atoms with Crippen molar-refractivity contribution in [1.29, 1.82) is 0 Å². The second-order valence-corrected chi connectivity index (χ2v) is 11.3. The van der Waals surface area contributed by atoms with Crippen LogP contribution in [0.1, 0.15) is 50.3 Å². The molecule has 0 saturated carbocycles. The Labute approximate surface area is 242 Å². The Balaban J connectivity index is 1.34. The highest BCUT2D eigenvalue weighted by Crippen LogP contribution is 2.44. The zero-order valence-electron chi connectivity index (χ0n) is 23.7. The number of nitrogens with two attached hydrogens (primary N) is 1. The van der Waals surface area contributed by atoms with E-state index >= 15 is 0 Å². The smallest absolute Gasteiger partial charge is 0.449 e. The minimum absolute atomic E-state index is 0.0721. The number of halogens is 3. The minimum Gasteiger partial charge on any atom is -0.449 e. The summed E-state index contributed by atoms with van der Waals surface area (Å²) in [6, 6.07) is 19.6. The molecule has 42 heavy (non-hydrogen) atoms. The Bertz CT molecular complexity index is 1460. The van der Waals surface area contributed by atoms with E-state index in [0.29, 0.717) is 5.47 Å². The molecule has 0 radical (unpaired) electrons. The maximum absolute atomic E-state index is 12.9. The van der Waals surface area contributed by atoms with Gasteiger partial charge in [-0.15, -0.1) is 13.2 Å². The molecule has 7 nitrogen and oxygen atoms in total. The van der Waals surface area contributed by atoms with E-state index < -0.39 is 36.5 Å². The Morgan fingerprint density at radius 3 is 2.12 bits per heavy atom. The van der Waals surface area contributed by atoms with Crippen LogP contribution in [0.4, 0.5) is 23.7 Å². The summed E-state index contributed by atoms with van der Waals surface area (Å²) >= 11 is 0. The van der Waals surface area contributed by atoms with Gasteiger partial charge in [-0.25, -0.2) is 4.79 Å². The van der Waals surface area contributed by atoms with E-state index in [0.717, 1.165) is 28.3 Å². The quantitative estimate of drug-likeness (QED) is 0.238. The molecule has 0 bridgehead atoms. The van der Waals surface area contributed by atoms with Gasteiger partial charge in [-0.1, -0.05) is 54.6 Å². The number of fused-ring (bicyclic) bond motifs is 3. The van der Waals surface area contributed by atoms with Crippen LogP contribution in [0.2, 0.25) is 0 Å². The summed E-state index contributed by atoms with van der Waals surface area (Å²) < 4.78 is 60.6. The number of carbonyl (C=O) groups is 1. The molecule has 1 saturated heterocycles. The Morgan fingerprint density at radius 1 is 0.976 bits per heavy atom. The van der Waals surface area contributed by atoms with Gasteiger partial charge in [0.1, 0.15) is 12.4 Å². The van der Waals surface area contributed by atoms with E-state index in [2.05, 4.69) is 22.2 Å². The lowest BCUT2D eigenvalue weighted by molar-refractivity contribution is -0.274. The number of anilines is 1. The van der Waals surface area contributed by atoms with Crippen molar-refractivity contribution in [3.8, 4) is 16.9 Å². The average molecular weight is 580 g/mol. The Kier molecular flexibility index (Phi) is 7.76. The number of hydrogen-bond donors (Lipinski definition) is 2. The van der Waals surface area contributed by atoms with Crippen molar-refractivity contribution in [1.82, 2.24) is 5.32 Å². The van der Waals surface area contributed by atoms with E-state index in [1.54, 1.807) is 0 Å². The fraction of sp³-hybridized carbons (Fsp3) is 0.323. The highest BCUT2D eigenvalue weighted by Gasteiger charge is 2.52. The first-order chi connectivity index (χ1) is 19.7. The molecule has 1 amide bonds. The summed E-state index contributed by atoms with van der Waals surface area (Å²) in [4.78, 5) is 12.9. The first-order valence-electron chi connectivity index (χ1n) is 13.5. The van der Waals surface area contributed by atoms with Gasteiger partial charge in [0, 0.05) is 23.7 Å². The van der Waals surface area contributed by atoms with Crippen LogP contribution in [0.25, 0.3) is 17.2 Å². The number of nitrogens with one attached hydrogen (secondary N) is 1. The fourth-order valence-electron chi connectivity index (χ4n) is 5.10. The zero-order valence-corrected chi connectivity index (χ0v) is 23.7. The molecule has 0 atom stereocenters. The van der Waals surface area contributed by atoms with Gasteiger partial charge < -0.3 is 29.8 Å². The monoisotopic (exact) mass is 580 g/mol. The Hall–Kier alpha value is -3.96. The van der Waals surface area contributed by atoms with E-state index in [4.69, 9.17) is 19.8 Å². The van der Waals surface area contributed by atoms with Gasteiger partial charge in [0.05, 0.1) is 11.2 Å². The van der Waals surface area contributed by atoms with Crippen molar-refractivity contribution < 1.29 is 36.7 Å². The molecule has 0 aromatic heterocycles. The predicted molar refractivity (Wildman–Crippen MR) is 155 cm³/mol. The molecule has 0 unspecified atom stereocenters. The number of ether oxygens (including phenoxy) is 2. The summed E-state index contributed by atoms with van der Waals surface area (Å²) in [7, 11) is -0.907. The maximum Gasteiger partial charge on any atom is 0.573 e. The molecule has 1 aliphatic heterocycles. The van der Waals surface area contributed by atoms with Gasteiger partial charge in [-0.05, 0) is 73.6 Å². The highest BCUT2D eigenvalue weighted by atomic mass is 19.4. The van der Waals surface area contributed by atoms with Crippen molar-refractivity contribution in [3.05, 3.63) is 88.9 Å². The van der Waals surface area contributed by atoms with E-state index in [1.165, 1.54) is 18.2 Å². The standard InChI is InChI=1S/C31H32BF3N2O5/c1-29(2)30(3,4)42-32(41-29)20(15-19-16-21(13-14-27(19)36)40-31(33,34)35)17-37-28(38)39-18-26-24-11-7-5-9-22(24)23-10-6-8-12-25(23)26/h5-16,26H,17-18,36H2,1-4H3,(H,37,38). The SMILES string of the molecule is CC1(C)OB(C(=Cc2cc(OC(F)(F)F)ccc2N)CNC(=O)OCC2c3ccccc3-c3ccccc32)OC1(C)C. The molecule has 1 aliphatic carbocycles. The van der Waals surface area contributed by atoms with Crippen molar-refractivity contribution in [2.45, 2.75) is 51.2 Å². The summed E-state index contributed by atoms with van der Waals surface area (Å²) in [5, 5.41) is 2.74. The number of carbonyl (C=O) groups excluding carboxylic acids is 1. The summed E-state index contributed by atoms with van der Waals surface area (Å²) in [5.41, 5.74) is 9.96. The number of nitrogen functional groups attached to an aromatic ring is 1. The van der Waals surface area contributed by atoms with Crippen LogP contribution in [0.3, 0.4) is 0 Å². The number of alkyl halides is 3. The highest BCUT2D eigenvalue weighted by molar-refractivity contribution is 6.56. The second kappa shape index (κ2) is 11.0. The lowest BCUT2D eigenvalue weighted by Gasteiger charge is -2.32. The molecule has 1 heterocycles. The topological polar surface area (TPSA) is 92.0 Å². The summed E-state index contributed by atoms with van der Waals surface area (Å²) in [6.45, 7) is 7.54. The van der Waals surface area contributed by atoms with E-state index in [9.17, 15) is 18.0 Å². The van der Waals surface area contributed by atoms with E-state index in [-0.39, 0.29) is 30.3 Å². The molecule has 1 fully saturated rings. The maximum atomic E-state index is 12.9. The fourth-order valence-corrected chi connectivity index (χ4v) is 5.10. The van der Waals surface area contributed by atoms with Crippen LogP contribution in [-0.4, -0.2) is 43.9 Å². The normalized spacial score (nSPS) is 17.5. The molecule has 0 spiro atoms. The van der Waals surface area contributed by atoms with Crippen LogP contribution in [0, 0.1) is 0 Å². The van der Waals surface area contributed by atoms with Gasteiger partial charge in [0.15, 0.2) is 0 Å². The van der Waals surface area contributed by atoms with Gasteiger partial charge in [-0.2, -0.15) is 0 Å². The van der Waals surface area contributed by atoms with Crippen molar-refractivity contribution >= 4 is 25.0 Å². The van der Waals surface area contributed by atoms with Crippen LogP contribution < -0.4 is 15.8 Å². The van der Waals surface area contributed by atoms with Gasteiger partial charge >= 0.3 is 19.6 Å². The zero-order chi connectivity index (χ0) is 30.3. The first-order valence-corrected chi connectivity index (χ1v) is 13.5. The summed E-state index contributed by atoms with van der Waals surface area (Å²) in [5.74, 6) is -0.543. The average Bonchev–Trinajstić information content (AvgIpc) is 3.35. The number of alkyl carbamates (subject to hydrolysis) is 1. The first kappa shape index (κ1) is 29.5. The van der Waals surface area contributed by atoms with E-state index in [1.807, 2.05) is 64.1 Å². The van der Waals surface area contributed by atoms with Crippen molar-refractivity contribution in [2.24, 2.45) is 0 Å². The third-order valence-corrected chi connectivity index (χ3v) is 7.97. The van der Waals surface area contributed by atoms with Gasteiger partial charge in [0.2, 0.25) is 0 Å². The van der Waals surface area contributed by atoms with Crippen LogP contribution in [-0.2, 0) is 14.0 Å². The summed E-state index contributed by atoms with van der Waals surface area (Å²) in [6.07, 6.45) is -4.00. The molecule has 11 heteroatoms. The molecule has 3 aromatic carbocycles. The number of rotatable bonds is 7. The third kappa shape index (κ3) is 6.12. The van der Waals surface area contributed by atoms with Crippen molar-refractivity contribution in [2.75, 3.05) is 18.9 Å². The van der Waals surface area contributed by atoms with Crippen LogP contribution >= 0.6 is 0 Å². The number of benzene rings is 3. The minimum atomic E-state index is -4.86. The van der Waals surface area contributed by atoms with Crippen LogP contribution in [0.5, 0.6) is 5.75 Å². The molecular weight excluding hydrogens is 548 g/mol. The van der Waals surface area contributed by atoms with Gasteiger partial charge in [-0.3, -0.25) is 0 Å². The molecule has 5 rings (SSSR count). The molecule has 3 aromatic rings. The van der Waals surface area contributed by atoms with Gasteiger partial charge in [0.25, 0.3) is 0 Å². The number of amides is 1. The largest absolute Gasteiger partial charge is 0.573 e. The predicted octanol–water partition coefficient (Wildman–Crippen LogP) is 6.72. The third-order valence-electron chi connectivity index (χ3n) is 7.97. The van der Waals surface area contributed by atoms with Crippen molar-refractivity contribution in [3.63, 3.8) is 0 Å². The lowest BCUT2D eigenvalue weighted by Crippen LogP contribution is -2.41. The molecular formula is C31H32BF3N2O5.